The molecule has 3 nitrogen and oxygen atoms in total. The Morgan fingerprint density at radius 3 is 2.58 bits per heavy atom. The number of rotatable bonds is 6. The minimum atomic E-state index is -0.615. The highest BCUT2D eigenvalue weighted by Crippen LogP contribution is 2.67. The van der Waals surface area contributed by atoms with Crippen LogP contribution in [0.1, 0.15) is 105 Å². The first-order valence-corrected chi connectivity index (χ1v) is 13.3. The zero-order chi connectivity index (χ0) is 22.4. The highest BCUT2D eigenvalue weighted by molar-refractivity contribution is 5.64. The van der Waals surface area contributed by atoms with Crippen molar-refractivity contribution in [2.45, 2.75) is 111 Å². The van der Waals surface area contributed by atoms with Gasteiger partial charge in [0, 0.05) is 6.42 Å². The largest absolute Gasteiger partial charge is 0.446 e. The lowest BCUT2D eigenvalue weighted by Gasteiger charge is -2.58. The second kappa shape index (κ2) is 8.75. The molecule has 176 valence electrons. The topological polar surface area (TPSA) is 52.3 Å². The van der Waals surface area contributed by atoms with Gasteiger partial charge in [-0.1, -0.05) is 65.5 Å². The van der Waals surface area contributed by atoms with Gasteiger partial charge in [-0.25, -0.2) is 4.79 Å². The van der Waals surface area contributed by atoms with Crippen molar-refractivity contribution in [1.29, 1.82) is 0 Å². The van der Waals surface area contributed by atoms with Crippen molar-refractivity contribution in [1.82, 2.24) is 0 Å². The van der Waals surface area contributed by atoms with Crippen LogP contribution in [0.4, 0.5) is 4.79 Å². The zero-order valence-corrected chi connectivity index (χ0v) is 20.8. The molecule has 3 saturated carbocycles. The van der Waals surface area contributed by atoms with Crippen molar-refractivity contribution in [2.75, 3.05) is 0 Å². The van der Waals surface area contributed by atoms with Crippen LogP contribution in [-0.4, -0.2) is 12.2 Å². The third-order valence-corrected chi connectivity index (χ3v) is 10.5. The molecule has 31 heavy (non-hydrogen) atoms. The molecule has 0 bridgehead atoms. The third-order valence-electron chi connectivity index (χ3n) is 10.5. The summed E-state index contributed by atoms with van der Waals surface area (Å²) in [5.41, 5.74) is 7.72. The molecule has 1 amide bonds. The SMILES string of the molecule is CC(C)CCC[C@@H](C)[C@H]1CC[C@H]2[C@@H]3CC=C4CC(OC(N)=O)CC[C@]4(C)[C@H]3CC[C@]12C. The van der Waals surface area contributed by atoms with Gasteiger partial charge in [0.2, 0.25) is 0 Å². The van der Waals surface area contributed by atoms with E-state index in [0.29, 0.717) is 10.8 Å². The maximum absolute atomic E-state index is 11.3. The Labute approximate surface area is 190 Å². The van der Waals surface area contributed by atoms with Crippen molar-refractivity contribution < 1.29 is 9.53 Å². The molecule has 4 rings (SSSR count). The summed E-state index contributed by atoms with van der Waals surface area (Å²) in [6, 6.07) is 0. The molecule has 0 heterocycles. The lowest BCUT2D eigenvalue weighted by molar-refractivity contribution is -0.0578. The quantitative estimate of drug-likeness (QED) is 0.445. The Morgan fingerprint density at radius 2 is 1.87 bits per heavy atom. The van der Waals surface area contributed by atoms with E-state index in [2.05, 4.69) is 40.7 Å². The molecule has 3 fully saturated rings. The number of fused-ring (bicyclic) bond motifs is 5. The Kier molecular flexibility index (Phi) is 6.54. The average molecular weight is 430 g/mol. The van der Waals surface area contributed by atoms with Gasteiger partial charge in [0.25, 0.3) is 0 Å². The number of primary amides is 1. The van der Waals surface area contributed by atoms with E-state index in [1.165, 1.54) is 51.4 Å². The highest BCUT2D eigenvalue weighted by atomic mass is 16.6. The fourth-order valence-corrected chi connectivity index (χ4v) is 8.92. The van der Waals surface area contributed by atoms with Crippen molar-refractivity contribution >= 4 is 6.09 Å². The van der Waals surface area contributed by atoms with E-state index in [4.69, 9.17) is 10.5 Å². The van der Waals surface area contributed by atoms with Gasteiger partial charge >= 0.3 is 6.09 Å². The van der Waals surface area contributed by atoms with E-state index >= 15 is 0 Å². The molecule has 3 heteroatoms. The molecule has 1 unspecified atom stereocenters. The van der Waals surface area contributed by atoms with Crippen molar-refractivity contribution in [3.05, 3.63) is 11.6 Å². The predicted molar refractivity (Wildman–Crippen MR) is 128 cm³/mol. The number of amides is 1. The minimum absolute atomic E-state index is 0.00946. The lowest BCUT2D eigenvalue weighted by atomic mass is 9.47. The van der Waals surface area contributed by atoms with E-state index < -0.39 is 6.09 Å². The van der Waals surface area contributed by atoms with Crippen LogP contribution in [0.25, 0.3) is 0 Å². The number of carbonyl (C=O) groups excluding carboxylic acids is 1. The van der Waals surface area contributed by atoms with E-state index in [0.717, 1.165) is 54.8 Å². The van der Waals surface area contributed by atoms with Crippen LogP contribution in [0, 0.1) is 46.3 Å². The van der Waals surface area contributed by atoms with Gasteiger partial charge < -0.3 is 10.5 Å². The van der Waals surface area contributed by atoms with Gasteiger partial charge in [0.15, 0.2) is 0 Å². The standard InChI is InChI=1S/C28H47NO2/c1-18(2)7-6-8-19(3)23-11-12-24-22-10-9-20-17-21(31-26(29)30)13-15-27(20,4)25(22)14-16-28(23,24)5/h9,18-19,21-25H,6-8,10-17H2,1-5H3,(H2,29,30)/t19-,21?,22+,23-,24+,25+,27+,28-/m1/s1. The molecule has 2 N–H and O–H groups in total. The van der Waals surface area contributed by atoms with Crippen molar-refractivity contribution in [3.8, 4) is 0 Å². The summed E-state index contributed by atoms with van der Waals surface area (Å²) in [6.07, 6.45) is 16.1. The highest BCUT2D eigenvalue weighted by Gasteiger charge is 2.59. The van der Waals surface area contributed by atoms with E-state index in [-0.39, 0.29) is 6.10 Å². The van der Waals surface area contributed by atoms with Crippen LogP contribution in [0.15, 0.2) is 11.6 Å². The average Bonchev–Trinajstić information content (AvgIpc) is 3.05. The summed E-state index contributed by atoms with van der Waals surface area (Å²) in [7, 11) is 0. The number of carbonyl (C=O) groups is 1. The Balaban J connectivity index is 1.47. The van der Waals surface area contributed by atoms with Gasteiger partial charge in [0.1, 0.15) is 6.10 Å². The first-order valence-electron chi connectivity index (χ1n) is 13.3. The first-order chi connectivity index (χ1) is 14.6. The summed E-state index contributed by atoms with van der Waals surface area (Å²) >= 11 is 0. The summed E-state index contributed by atoms with van der Waals surface area (Å²) in [5, 5.41) is 0. The Hall–Kier alpha value is -0.990. The lowest BCUT2D eigenvalue weighted by Crippen LogP contribution is -2.51. The zero-order valence-electron chi connectivity index (χ0n) is 20.8. The minimum Gasteiger partial charge on any atom is -0.446 e. The van der Waals surface area contributed by atoms with Crippen LogP contribution in [0.3, 0.4) is 0 Å². The molecule has 0 aliphatic heterocycles. The fourth-order valence-electron chi connectivity index (χ4n) is 8.92. The monoisotopic (exact) mass is 429 g/mol. The molecule has 4 aliphatic rings. The van der Waals surface area contributed by atoms with Gasteiger partial charge in [-0.15, -0.1) is 0 Å². The Morgan fingerprint density at radius 1 is 1.10 bits per heavy atom. The van der Waals surface area contributed by atoms with Crippen LogP contribution in [0.5, 0.6) is 0 Å². The van der Waals surface area contributed by atoms with E-state index in [1.54, 1.807) is 5.57 Å². The number of nitrogens with two attached hydrogens (primary N) is 1. The van der Waals surface area contributed by atoms with Crippen LogP contribution >= 0.6 is 0 Å². The summed E-state index contributed by atoms with van der Waals surface area (Å²) in [4.78, 5) is 11.3. The molecule has 0 spiro atoms. The van der Waals surface area contributed by atoms with Crippen molar-refractivity contribution in [2.24, 2.45) is 52.1 Å². The first kappa shape index (κ1) is 23.2. The van der Waals surface area contributed by atoms with Gasteiger partial charge in [-0.05, 0) is 91.3 Å². The maximum Gasteiger partial charge on any atom is 0.404 e. The molecule has 0 radical (unpaired) electrons. The van der Waals surface area contributed by atoms with Crippen LogP contribution in [-0.2, 0) is 4.74 Å². The second-order valence-corrected chi connectivity index (χ2v) is 12.6. The summed E-state index contributed by atoms with van der Waals surface area (Å²) < 4.78 is 5.39. The van der Waals surface area contributed by atoms with Gasteiger partial charge in [0.05, 0.1) is 0 Å². The number of hydrogen-bond donors (Lipinski definition) is 1. The van der Waals surface area contributed by atoms with Crippen molar-refractivity contribution in [3.63, 3.8) is 0 Å². The maximum atomic E-state index is 11.3. The van der Waals surface area contributed by atoms with Crippen LogP contribution < -0.4 is 5.73 Å². The predicted octanol–water partition coefficient (Wildman–Crippen LogP) is 7.49. The molecule has 0 saturated heterocycles. The number of ether oxygens (including phenoxy) is 1. The molecule has 4 aliphatic carbocycles. The van der Waals surface area contributed by atoms with Gasteiger partial charge in [-0.3, -0.25) is 0 Å². The molecule has 8 atom stereocenters. The number of allylic oxidation sites excluding steroid dienone is 1. The summed E-state index contributed by atoms with van der Waals surface area (Å²) in [5.74, 6) is 5.20. The second-order valence-electron chi connectivity index (χ2n) is 12.6. The van der Waals surface area contributed by atoms with Gasteiger partial charge in [-0.2, -0.15) is 0 Å². The smallest absolute Gasteiger partial charge is 0.404 e. The molecule has 0 aromatic carbocycles. The Bertz CT molecular complexity index is 699. The summed E-state index contributed by atoms with van der Waals surface area (Å²) in [6.45, 7) is 12.5. The fraction of sp³-hybridized carbons (Fsp3) is 0.893. The van der Waals surface area contributed by atoms with E-state index in [1.807, 2.05) is 0 Å². The van der Waals surface area contributed by atoms with Crippen LogP contribution in [0.2, 0.25) is 0 Å². The third kappa shape index (κ3) is 4.20. The number of hydrogen-bond acceptors (Lipinski definition) is 2. The molecular weight excluding hydrogens is 382 g/mol. The normalized spacial score (nSPS) is 42.9. The molecular formula is C28H47NO2. The molecule has 0 aromatic heterocycles. The molecule has 0 aromatic rings. The van der Waals surface area contributed by atoms with E-state index in [9.17, 15) is 4.79 Å².